The number of hydrogen-bond acceptors (Lipinski definition) is 6. The number of anilines is 1. The second-order valence-corrected chi connectivity index (χ2v) is 10.4. The van der Waals surface area contributed by atoms with Crippen LogP contribution in [0.4, 0.5) is 10.1 Å². The molecule has 9 heteroatoms. The molecule has 7 nitrogen and oxygen atoms in total. The minimum Gasteiger partial charge on any atom is -0.493 e. The zero-order chi connectivity index (χ0) is 25.7. The highest BCUT2D eigenvalue weighted by atomic mass is 32.2. The molecular weight excluding hydrogens is 483 g/mol. The molecule has 1 fully saturated rings. The second kappa shape index (κ2) is 11.2. The van der Waals surface area contributed by atoms with E-state index >= 15 is 0 Å². The molecule has 1 heterocycles. The summed E-state index contributed by atoms with van der Waals surface area (Å²) in [6.07, 6.45) is 1.25. The Morgan fingerprint density at radius 2 is 1.50 bits per heavy atom. The van der Waals surface area contributed by atoms with Crippen molar-refractivity contribution in [2.75, 3.05) is 38.7 Å². The summed E-state index contributed by atoms with van der Waals surface area (Å²) in [5.74, 6) is 1.36. The minimum absolute atomic E-state index is 0.215. The van der Waals surface area contributed by atoms with Crippen LogP contribution in [0.25, 0.3) is 0 Å². The lowest BCUT2D eigenvalue weighted by Crippen LogP contribution is -2.47. The number of benzene rings is 3. The minimum atomic E-state index is -3.83. The maximum Gasteiger partial charge on any atom is 0.264 e. The van der Waals surface area contributed by atoms with Crippen LogP contribution in [0.5, 0.6) is 17.2 Å². The van der Waals surface area contributed by atoms with Crippen molar-refractivity contribution in [1.29, 1.82) is 0 Å². The van der Waals surface area contributed by atoms with Crippen LogP contribution in [-0.4, -0.2) is 53.8 Å². The van der Waals surface area contributed by atoms with E-state index in [0.29, 0.717) is 55.4 Å². The van der Waals surface area contributed by atoms with E-state index in [9.17, 15) is 12.8 Å². The summed E-state index contributed by atoms with van der Waals surface area (Å²) < 4.78 is 59.0. The maximum absolute atomic E-state index is 13.7. The van der Waals surface area contributed by atoms with Gasteiger partial charge in [0.05, 0.1) is 31.9 Å². The zero-order valence-corrected chi connectivity index (χ0v) is 21.5. The summed E-state index contributed by atoms with van der Waals surface area (Å²) in [5.41, 5.74) is 1.42. The normalized spacial score (nSPS) is 14.9. The van der Waals surface area contributed by atoms with Crippen molar-refractivity contribution < 1.29 is 27.0 Å². The summed E-state index contributed by atoms with van der Waals surface area (Å²) in [5, 5.41) is 0. The van der Waals surface area contributed by atoms with Crippen LogP contribution >= 0.6 is 0 Å². The van der Waals surface area contributed by atoms with Crippen LogP contribution < -0.4 is 18.5 Å². The number of rotatable bonds is 9. The van der Waals surface area contributed by atoms with E-state index in [-0.39, 0.29) is 10.9 Å². The quantitative estimate of drug-likeness (QED) is 0.412. The van der Waals surface area contributed by atoms with Crippen molar-refractivity contribution in [3.63, 3.8) is 0 Å². The predicted octanol–water partition coefficient (Wildman–Crippen LogP) is 4.71. The maximum atomic E-state index is 13.7. The van der Waals surface area contributed by atoms with Crippen molar-refractivity contribution in [2.24, 2.45) is 0 Å². The Hall–Kier alpha value is -3.30. The van der Waals surface area contributed by atoms with Gasteiger partial charge in [0.15, 0.2) is 11.5 Å². The molecule has 1 aliphatic heterocycles. The Morgan fingerprint density at radius 3 is 2.08 bits per heavy atom. The molecule has 0 radical (unpaired) electrons. The molecule has 0 saturated carbocycles. The number of methoxy groups -OCH3 is 3. The summed E-state index contributed by atoms with van der Waals surface area (Å²) in [6, 6.07) is 17.5. The first-order chi connectivity index (χ1) is 17.4. The van der Waals surface area contributed by atoms with E-state index in [4.69, 9.17) is 14.2 Å². The predicted molar refractivity (Wildman–Crippen MR) is 137 cm³/mol. The molecule has 0 amide bonds. The third-order valence-electron chi connectivity index (χ3n) is 6.45. The van der Waals surface area contributed by atoms with Crippen molar-refractivity contribution >= 4 is 15.7 Å². The number of piperidine rings is 1. The van der Waals surface area contributed by atoms with E-state index in [0.717, 1.165) is 5.56 Å². The third kappa shape index (κ3) is 5.27. The second-order valence-electron chi connectivity index (χ2n) is 8.59. The smallest absolute Gasteiger partial charge is 0.264 e. The highest BCUT2D eigenvalue weighted by Crippen LogP contribution is 2.40. The molecule has 0 aromatic heterocycles. The molecule has 0 unspecified atom stereocenters. The fourth-order valence-electron chi connectivity index (χ4n) is 4.68. The van der Waals surface area contributed by atoms with Crippen molar-refractivity contribution in [3.8, 4) is 17.2 Å². The van der Waals surface area contributed by atoms with Crippen molar-refractivity contribution in [3.05, 3.63) is 78.1 Å². The average molecular weight is 515 g/mol. The van der Waals surface area contributed by atoms with Gasteiger partial charge in [0.1, 0.15) is 5.82 Å². The number of likely N-dealkylation sites (tertiary alicyclic amines) is 1. The summed E-state index contributed by atoms with van der Waals surface area (Å²) in [4.78, 5) is 2.48. The molecule has 4 rings (SSSR count). The van der Waals surface area contributed by atoms with Crippen LogP contribution in [0, 0.1) is 5.82 Å². The highest BCUT2D eigenvalue weighted by molar-refractivity contribution is 7.92. The van der Waals surface area contributed by atoms with Crippen LogP contribution in [0.3, 0.4) is 0 Å². The molecule has 192 valence electrons. The fraction of sp³-hybridized carbons (Fsp3) is 0.333. The Morgan fingerprint density at radius 1 is 0.861 bits per heavy atom. The third-order valence-corrected chi connectivity index (χ3v) is 8.34. The van der Waals surface area contributed by atoms with Crippen LogP contribution in [0.15, 0.2) is 71.6 Å². The number of ether oxygens (including phenoxy) is 3. The van der Waals surface area contributed by atoms with E-state index in [1.54, 1.807) is 51.7 Å². The molecule has 0 atom stereocenters. The Balaban J connectivity index is 1.56. The van der Waals surface area contributed by atoms with Gasteiger partial charge in [-0.2, -0.15) is 0 Å². The van der Waals surface area contributed by atoms with Gasteiger partial charge >= 0.3 is 0 Å². The first-order valence-electron chi connectivity index (χ1n) is 11.7. The average Bonchev–Trinajstić information content (AvgIpc) is 2.91. The Kier molecular flexibility index (Phi) is 8.01. The van der Waals surface area contributed by atoms with Crippen LogP contribution in [0.2, 0.25) is 0 Å². The van der Waals surface area contributed by atoms with Gasteiger partial charge in [-0.3, -0.25) is 9.21 Å². The topological polar surface area (TPSA) is 68.3 Å². The van der Waals surface area contributed by atoms with E-state index in [1.807, 2.05) is 12.1 Å². The van der Waals surface area contributed by atoms with Gasteiger partial charge in [0, 0.05) is 31.2 Å². The lowest BCUT2D eigenvalue weighted by atomic mass is 10.0. The standard InChI is InChI=1S/C27H31FN2O5S/c1-33-25-14-9-20(26(34-2)27(25)35-3)19-29-17-15-23(16-18-29)30(22-12-10-21(28)11-13-22)36(31,32)24-7-5-4-6-8-24/h4-14,23H,15-19H2,1-3H3. The van der Waals surface area contributed by atoms with Gasteiger partial charge in [-0.1, -0.05) is 24.3 Å². The first-order valence-corrected chi connectivity index (χ1v) is 13.2. The molecule has 3 aromatic carbocycles. The van der Waals surface area contributed by atoms with Crippen LogP contribution in [0.1, 0.15) is 18.4 Å². The zero-order valence-electron chi connectivity index (χ0n) is 20.7. The lowest BCUT2D eigenvalue weighted by molar-refractivity contribution is 0.203. The van der Waals surface area contributed by atoms with Gasteiger partial charge < -0.3 is 14.2 Å². The molecule has 0 N–H and O–H groups in total. The van der Waals surface area contributed by atoms with E-state index < -0.39 is 15.8 Å². The molecule has 1 saturated heterocycles. The number of hydrogen-bond donors (Lipinski definition) is 0. The van der Waals surface area contributed by atoms with Crippen molar-refractivity contribution in [2.45, 2.75) is 30.3 Å². The molecule has 0 aliphatic carbocycles. The molecule has 3 aromatic rings. The fourth-order valence-corrected chi connectivity index (χ4v) is 6.41. The Labute approximate surface area is 212 Å². The first kappa shape index (κ1) is 25.8. The van der Waals surface area contributed by atoms with Crippen LogP contribution in [-0.2, 0) is 16.6 Å². The largest absolute Gasteiger partial charge is 0.493 e. The van der Waals surface area contributed by atoms with Gasteiger partial charge in [-0.15, -0.1) is 0 Å². The van der Waals surface area contributed by atoms with Gasteiger partial charge in [0.25, 0.3) is 10.0 Å². The van der Waals surface area contributed by atoms with Crippen molar-refractivity contribution in [1.82, 2.24) is 4.90 Å². The monoisotopic (exact) mass is 514 g/mol. The summed E-state index contributed by atoms with van der Waals surface area (Å²) in [6.45, 7) is 1.99. The highest BCUT2D eigenvalue weighted by Gasteiger charge is 2.34. The number of sulfonamides is 1. The molecule has 36 heavy (non-hydrogen) atoms. The number of nitrogens with zero attached hydrogens (tertiary/aromatic N) is 2. The molecule has 0 spiro atoms. The van der Waals surface area contributed by atoms with Gasteiger partial charge in [0.2, 0.25) is 5.75 Å². The van der Waals surface area contributed by atoms with Gasteiger partial charge in [-0.25, -0.2) is 12.8 Å². The summed E-state index contributed by atoms with van der Waals surface area (Å²) >= 11 is 0. The SMILES string of the molecule is COc1ccc(CN2CCC(N(c3ccc(F)cc3)S(=O)(=O)c3ccccc3)CC2)c(OC)c1OC. The summed E-state index contributed by atoms with van der Waals surface area (Å²) in [7, 11) is 0.929. The molecular formula is C27H31FN2O5S. The lowest BCUT2D eigenvalue weighted by Gasteiger charge is -2.39. The molecule has 0 bridgehead atoms. The number of halogens is 1. The van der Waals surface area contributed by atoms with Gasteiger partial charge in [-0.05, 0) is 55.3 Å². The van der Waals surface area contributed by atoms with E-state index in [1.165, 1.54) is 28.6 Å². The van der Waals surface area contributed by atoms with E-state index in [2.05, 4.69) is 4.90 Å². The molecule has 1 aliphatic rings. The Bertz CT molecular complexity index is 1260.